The third kappa shape index (κ3) is 4.93. The molecule has 23 heavy (non-hydrogen) atoms. The van der Waals surface area contributed by atoms with Crippen LogP contribution in [0.3, 0.4) is 0 Å². The molecule has 0 aliphatic rings. The molecule has 2 aromatic rings. The van der Waals surface area contributed by atoms with E-state index in [1.54, 1.807) is 26.2 Å². The van der Waals surface area contributed by atoms with Gasteiger partial charge in [0, 0.05) is 19.3 Å². The molecular formula is C16H19N3O4. The number of rotatable bonds is 7. The van der Waals surface area contributed by atoms with E-state index in [0.29, 0.717) is 18.2 Å². The Labute approximate surface area is 133 Å². The van der Waals surface area contributed by atoms with Gasteiger partial charge in [0.05, 0.1) is 6.61 Å². The van der Waals surface area contributed by atoms with Crippen LogP contribution in [0, 0.1) is 0 Å². The van der Waals surface area contributed by atoms with Gasteiger partial charge >= 0.3 is 0 Å². The molecule has 2 rings (SSSR count). The van der Waals surface area contributed by atoms with E-state index in [2.05, 4.69) is 15.3 Å². The van der Waals surface area contributed by atoms with Crippen molar-refractivity contribution >= 4 is 5.91 Å². The van der Waals surface area contributed by atoms with Gasteiger partial charge in [0.15, 0.2) is 0 Å². The second kappa shape index (κ2) is 8.09. The van der Waals surface area contributed by atoms with E-state index in [9.17, 15) is 9.59 Å². The van der Waals surface area contributed by atoms with Gasteiger partial charge in [0.2, 0.25) is 0 Å². The third-order valence-corrected chi connectivity index (χ3v) is 3.01. The minimum Gasteiger partial charge on any atom is -0.486 e. The molecule has 0 aliphatic carbocycles. The number of aromatic nitrogens is 2. The first-order valence-corrected chi connectivity index (χ1v) is 7.16. The monoisotopic (exact) mass is 317 g/mol. The summed E-state index contributed by atoms with van der Waals surface area (Å²) in [6.45, 7) is 2.26. The molecule has 7 nitrogen and oxygen atoms in total. The molecule has 0 radical (unpaired) electrons. The Morgan fingerprint density at radius 1 is 1.35 bits per heavy atom. The molecule has 7 heteroatoms. The van der Waals surface area contributed by atoms with E-state index in [4.69, 9.17) is 9.47 Å². The average Bonchev–Trinajstić information content (AvgIpc) is 2.54. The van der Waals surface area contributed by atoms with Crippen LogP contribution in [-0.4, -0.2) is 35.6 Å². The lowest BCUT2D eigenvalue weighted by atomic mass is 10.2. The van der Waals surface area contributed by atoms with Gasteiger partial charge in [-0.05, 0) is 19.1 Å². The zero-order valence-electron chi connectivity index (χ0n) is 13.0. The van der Waals surface area contributed by atoms with Gasteiger partial charge in [-0.25, -0.2) is 4.98 Å². The molecule has 1 heterocycles. The molecule has 0 fully saturated rings. The quantitative estimate of drug-likeness (QED) is 0.798. The number of amides is 1. The molecule has 1 aromatic heterocycles. The van der Waals surface area contributed by atoms with Crippen LogP contribution >= 0.6 is 0 Å². The Morgan fingerprint density at radius 2 is 2.09 bits per heavy atom. The van der Waals surface area contributed by atoms with Crippen molar-refractivity contribution in [1.29, 1.82) is 0 Å². The number of ether oxygens (including phenoxy) is 2. The number of aromatic amines is 1. The number of hydrogen-bond donors (Lipinski definition) is 2. The van der Waals surface area contributed by atoms with E-state index in [-0.39, 0.29) is 18.2 Å². The highest BCUT2D eigenvalue weighted by atomic mass is 16.5. The lowest BCUT2D eigenvalue weighted by Gasteiger charge is -2.12. The summed E-state index contributed by atoms with van der Waals surface area (Å²) < 4.78 is 10.4. The van der Waals surface area contributed by atoms with Gasteiger partial charge in [0.25, 0.3) is 11.5 Å². The predicted molar refractivity (Wildman–Crippen MR) is 84.4 cm³/mol. The van der Waals surface area contributed by atoms with E-state index in [1.807, 2.05) is 18.2 Å². The van der Waals surface area contributed by atoms with Gasteiger partial charge < -0.3 is 19.8 Å². The fourth-order valence-corrected chi connectivity index (χ4v) is 1.93. The second-order valence-electron chi connectivity index (χ2n) is 5.00. The Bertz CT molecular complexity index is 700. The summed E-state index contributed by atoms with van der Waals surface area (Å²) >= 11 is 0. The minimum absolute atomic E-state index is 0.0450. The Hall–Kier alpha value is -2.67. The smallest absolute Gasteiger partial charge is 0.263 e. The largest absolute Gasteiger partial charge is 0.486 e. The summed E-state index contributed by atoms with van der Waals surface area (Å²) in [7, 11) is 1.54. The van der Waals surface area contributed by atoms with Crippen molar-refractivity contribution < 1.29 is 14.3 Å². The number of carbonyl (C=O) groups is 1. The SMILES string of the molecule is COC[C@H](C)NC(=O)c1cnc(COc2ccccc2)[nH]c1=O. The molecule has 1 amide bonds. The maximum atomic E-state index is 12.0. The van der Waals surface area contributed by atoms with Crippen LogP contribution < -0.4 is 15.6 Å². The van der Waals surface area contributed by atoms with Crippen LogP contribution in [0.5, 0.6) is 5.75 Å². The number of carbonyl (C=O) groups excluding carboxylic acids is 1. The molecule has 0 spiro atoms. The maximum Gasteiger partial charge on any atom is 0.263 e. The van der Waals surface area contributed by atoms with Gasteiger partial charge in [0.1, 0.15) is 23.7 Å². The van der Waals surface area contributed by atoms with Crippen molar-refractivity contribution in [3.63, 3.8) is 0 Å². The lowest BCUT2D eigenvalue weighted by Crippen LogP contribution is -2.38. The highest BCUT2D eigenvalue weighted by Gasteiger charge is 2.14. The second-order valence-corrected chi connectivity index (χ2v) is 5.00. The number of methoxy groups -OCH3 is 1. The Kier molecular flexibility index (Phi) is 5.87. The highest BCUT2D eigenvalue weighted by molar-refractivity contribution is 5.93. The summed E-state index contributed by atoms with van der Waals surface area (Å²) in [5.74, 6) is 0.532. The van der Waals surface area contributed by atoms with E-state index < -0.39 is 11.5 Å². The van der Waals surface area contributed by atoms with Crippen molar-refractivity contribution in [3.8, 4) is 5.75 Å². The molecule has 1 atom stereocenters. The lowest BCUT2D eigenvalue weighted by molar-refractivity contribution is 0.0903. The van der Waals surface area contributed by atoms with Crippen molar-refractivity contribution in [1.82, 2.24) is 15.3 Å². The zero-order chi connectivity index (χ0) is 16.7. The van der Waals surface area contributed by atoms with Crippen molar-refractivity contribution in [3.05, 3.63) is 58.3 Å². The van der Waals surface area contributed by atoms with E-state index in [0.717, 1.165) is 0 Å². The number of benzene rings is 1. The number of H-pyrrole nitrogens is 1. The van der Waals surface area contributed by atoms with Crippen LogP contribution in [0.15, 0.2) is 41.3 Å². The van der Waals surface area contributed by atoms with Crippen LogP contribution in [-0.2, 0) is 11.3 Å². The van der Waals surface area contributed by atoms with Crippen LogP contribution in [0.2, 0.25) is 0 Å². The van der Waals surface area contributed by atoms with E-state index >= 15 is 0 Å². The number of nitrogens with one attached hydrogen (secondary N) is 2. The molecule has 122 valence electrons. The van der Waals surface area contributed by atoms with Gasteiger partial charge in [-0.15, -0.1) is 0 Å². The first kappa shape index (κ1) is 16.7. The Balaban J connectivity index is 2.00. The fourth-order valence-electron chi connectivity index (χ4n) is 1.93. The first-order valence-electron chi connectivity index (χ1n) is 7.16. The molecular weight excluding hydrogens is 298 g/mol. The summed E-state index contributed by atoms with van der Waals surface area (Å²) in [6.07, 6.45) is 1.25. The summed E-state index contributed by atoms with van der Waals surface area (Å²) in [5.41, 5.74) is -0.551. The average molecular weight is 317 g/mol. The zero-order valence-corrected chi connectivity index (χ0v) is 13.0. The number of hydrogen-bond acceptors (Lipinski definition) is 5. The molecule has 1 aromatic carbocycles. The van der Waals surface area contributed by atoms with Crippen LogP contribution in [0.4, 0.5) is 0 Å². The van der Waals surface area contributed by atoms with Crippen molar-refractivity contribution in [2.75, 3.05) is 13.7 Å². The van der Waals surface area contributed by atoms with Crippen molar-refractivity contribution in [2.45, 2.75) is 19.6 Å². The predicted octanol–water partition coefficient (Wildman–Crippen LogP) is 1.11. The third-order valence-electron chi connectivity index (χ3n) is 3.01. The van der Waals surface area contributed by atoms with Crippen LogP contribution in [0.25, 0.3) is 0 Å². The molecule has 0 saturated heterocycles. The fraction of sp³-hybridized carbons (Fsp3) is 0.312. The van der Waals surface area contributed by atoms with E-state index in [1.165, 1.54) is 6.20 Å². The van der Waals surface area contributed by atoms with Gasteiger partial charge in [-0.2, -0.15) is 0 Å². The highest BCUT2D eigenvalue weighted by Crippen LogP contribution is 2.09. The molecule has 2 N–H and O–H groups in total. The minimum atomic E-state index is -0.506. The normalized spacial score (nSPS) is 11.7. The van der Waals surface area contributed by atoms with Crippen molar-refractivity contribution in [2.24, 2.45) is 0 Å². The number of nitrogens with zero attached hydrogens (tertiary/aromatic N) is 1. The molecule has 0 saturated carbocycles. The molecule has 0 unspecified atom stereocenters. The first-order chi connectivity index (χ1) is 11.1. The number of para-hydroxylation sites is 1. The Morgan fingerprint density at radius 3 is 2.74 bits per heavy atom. The maximum absolute atomic E-state index is 12.0. The summed E-state index contributed by atoms with van der Waals surface area (Å²) in [5, 5.41) is 2.66. The van der Waals surface area contributed by atoms with Gasteiger partial charge in [-0.1, -0.05) is 18.2 Å². The topological polar surface area (TPSA) is 93.3 Å². The standard InChI is InChI=1S/C16H19N3O4/c1-11(9-22-2)18-15(20)13-8-17-14(19-16(13)21)10-23-12-6-4-3-5-7-12/h3-8,11H,9-10H2,1-2H3,(H,18,20)(H,17,19,21)/t11-/m0/s1. The summed E-state index contributed by atoms with van der Waals surface area (Å²) in [4.78, 5) is 30.6. The van der Waals surface area contributed by atoms with Gasteiger partial charge in [-0.3, -0.25) is 9.59 Å². The van der Waals surface area contributed by atoms with Crippen LogP contribution in [0.1, 0.15) is 23.1 Å². The molecule has 0 aliphatic heterocycles. The summed E-state index contributed by atoms with van der Waals surface area (Å²) in [6, 6.07) is 8.98. The molecule has 0 bridgehead atoms.